The molecule has 1 aromatic rings. The number of hydrogen-bond acceptors (Lipinski definition) is 3. The summed E-state index contributed by atoms with van der Waals surface area (Å²) in [6.45, 7) is 4.88. The molecule has 3 rings (SSSR count). The van der Waals surface area contributed by atoms with Crippen molar-refractivity contribution >= 4 is 11.6 Å². The molecule has 2 N–H and O–H groups in total. The number of rotatable bonds is 4. The molecule has 108 valence electrons. The Morgan fingerprint density at radius 3 is 2.35 bits per heavy atom. The zero-order valence-electron chi connectivity index (χ0n) is 11.9. The normalized spacial score (nSPS) is 20.1. The molecule has 1 amide bonds. The van der Waals surface area contributed by atoms with Crippen LogP contribution in [0.15, 0.2) is 24.3 Å². The van der Waals surface area contributed by atoms with E-state index < -0.39 is 0 Å². The molecule has 1 aliphatic carbocycles. The Balaban J connectivity index is 1.42. The van der Waals surface area contributed by atoms with Crippen molar-refractivity contribution < 1.29 is 4.79 Å². The van der Waals surface area contributed by atoms with Gasteiger partial charge in [-0.25, -0.2) is 0 Å². The van der Waals surface area contributed by atoms with Crippen LogP contribution in [-0.4, -0.2) is 48.4 Å². The van der Waals surface area contributed by atoms with E-state index in [1.54, 1.807) is 0 Å². The summed E-state index contributed by atoms with van der Waals surface area (Å²) >= 11 is 0. The number of nitrogen functional groups attached to an aromatic ring is 1. The van der Waals surface area contributed by atoms with Gasteiger partial charge in [-0.1, -0.05) is 12.1 Å². The van der Waals surface area contributed by atoms with Crippen molar-refractivity contribution in [1.82, 2.24) is 9.80 Å². The van der Waals surface area contributed by atoms with E-state index in [0.717, 1.165) is 57.7 Å². The van der Waals surface area contributed by atoms with Gasteiger partial charge in [-0.3, -0.25) is 9.69 Å². The first kappa shape index (κ1) is 13.4. The van der Waals surface area contributed by atoms with Crippen molar-refractivity contribution in [2.45, 2.75) is 19.3 Å². The third-order valence-electron chi connectivity index (χ3n) is 4.31. The maximum absolute atomic E-state index is 12.0. The number of benzene rings is 1. The molecule has 0 aromatic heterocycles. The van der Waals surface area contributed by atoms with Crippen molar-refractivity contribution in [2.24, 2.45) is 5.92 Å². The van der Waals surface area contributed by atoms with Crippen molar-refractivity contribution in [2.75, 3.05) is 38.5 Å². The Kier molecular flexibility index (Phi) is 3.92. The zero-order chi connectivity index (χ0) is 13.9. The van der Waals surface area contributed by atoms with E-state index in [2.05, 4.69) is 21.9 Å². The van der Waals surface area contributed by atoms with Gasteiger partial charge < -0.3 is 10.6 Å². The Morgan fingerprint density at radius 2 is 1.75 bits per heavy atom. The Hall–Kier alpha value is -1.55. The van der Waals surface area contributed by atoms with Crippen LogP contribution in [0.3, 0.4) is 0 Å². The maximum Gasteiger partial charge on any atom is 0.225 e. The highest BCUT2D eigenvalue weighted by Crippen LogP contribution is 2.31. The second-order valence-electron chi connectivity index (χ2n) is 5.93. The lowest BCUT2D eigenvalue weighted by Gasteiger charge is -2.34. The van der Waals surface area contributed by atoms with Gasteiger partial charge in [0.05, 0.1) is 0 Å². The largest absolute Gasteiger partial charge is 0.399 e. The Morgan fingerprint density at radius 1 is 1.10 bits per heavy atom. The first-order valence-corrected chi connectivity index (χ1v) is 7.58. The van der Waals surface area contributed by atoms with Gasteiger partial charge in [0, 0.05) is 44.3 Å². The minimum Gasteiger partial charge on any atom is -0.399 e. The Labute approximate surface area is 120 Å². The van der Waals surface area contributed by atoms with Crippen LogP contribution in [0, 0.1) is 5.92 Å². The lowest BCUT2D eigenvalue weighted by molar-refractivity contribution is -0.134. The number of piperazine rings is 1. The number of anilines is 1. The predicted octanol–water partition coefficient (Wildman–Crippen LogP) is 1.37. The van der Waals surface area contributed by atoms with E-state index in [9.17, 15) is 4.79 Å². The first-order chi connectivity index (χ1) is 9.72. The lowest BCUT2D eigenvalue weighted by atomic mass is 10.1. The molecule has 1 saturated carbocycles. The number of amides is 1. The number of nitrogens with zero attached hydrogens (tertiary/aromatic N) is 2. The van der Waals surface area contributed by atoms with Gasteiger partial charge >= 0.3 is 0 Å². The smallest absolute Gasteiger partial charge is 0.225 e. The molecule has 4 nitrogen and oxygen atoms in total. The van der Waals surface area contributed by atoms with Crippen molar-refractivity contribution in [3.63, 3.8) is 0 Å². The third-order valence-corrected chi connectivity index (χ3v) is 4.31. The standard InChI is InChI=1S/C16H23N3O/c17-15-5-1-13(2-6-15)7-8-18-9-11-19(12-10-18)16(20)14-3-4-14/h1-2,5-6,14H,3-4,7-12,17H2. The van der Waals surface area contributed by atoms with E-state index in [-0.39, 0.29) is 0 Å². The second kappa shape index (κ2) is 5.83. The van der Waals surface area contributed by atoms with Crippen LogP contribution in [0.5, 0.6) is 0 Å². The summed E-state index contributed by atoms with van der Waals surface area (Å²) in [7, 11) is 0. The van der Waals surface area contributed by atoms with Crippen LogP contribution in [0.1, 0.15) is 18.4 Å². The monoisotopic (exact) mass is 273 g/mol. The van der Waals surface area contributed by atoms with Gasteiger partial charge in [-0.15, -0.1) is 0 Å². The van der Waals surface area contributed by atoms with Crippen molar-refractivity contribution in [3.05, 3.63) is 29.8 Å². The molecule has 4 heteroatoms. The number of nitrogens with two attached hydrogens (primary N) is 1. The third kappa shape index (κ3) is 3.31. The predicted molar refractivity (Wildman–Crippen MR) is 80.3 cm³/mol. The van der Waals surface area contributed by atoms with E-state index in [0.29, 0.717) is 11.8 Å². The molecule has 1 heterocycles. The highest BCUT2D eigenvalue weighted by molar-refractivity contribution is 5.81. The van der Waals surface area contributed by atoms with Crippen LogP contribution in [-0.2, 0) is 11.2 Å². The summed E-state index contributed by atoms with van der Waals surface area (Å²) < 4.78 is 0. The molecule has 1 aliphatic heterocycles. The van der Waals surface area contributed by atoms with Crippen LogP contribution >= 0.6 is 0 Å². The van der Waals surface area contributed by atoms with Crippen LogP contribution in [0.4, 0.5) is 5.69 Å². The molecular weight excluding hydrogens is 250 g/mol. The quantitative estimate of drug-likeness (QED) is 0.843. The molecular formula is C16H23N3O. The summed E-state index contributed by atoms with van der Waals surface area (Å²) in [5, 5.41) is 0. The van der Waals surface area contributed by atoms with Crippen LogP contribution in [0.2, 0.25) is 0 Å². The summed E-state index contributed by atoms with van der Waals surface area (Å²) in [4.78, 5) is 16.5. The Bertz CT molecular complexity index is 459. The van der Waals surface area contributed by atoms with E-state index in [4.69, 9.17) is 5.73 Å². The highest BCUT2D eigenvalue weighted by atomic mass is 16.2. The SMILES string of the molecule is Nc1ccc(CCN2CCN(C(=O)C3CC3)CC2)cc1. The lowest BCUT2D eigenvalue weighted by Crippen LogP contribution is -2.49. The highest BCUT2D eigenvalue weighted by Gasteiger charge is 2.34. The van der Waals surface area contributed by atoms with E-state index in [1.165, 1.54) is 5.56 Å². The van der Waals surface area contributed by atoms with Crippen molar-refractivity contribution in [3.8, 4) is 0 Å². The topological polar surface area (TPSA) is 49.6 Å². The number of carbonyl (C=O) groups is 1. The molecule has 0 spiro atoms. The van der Waals surface area contributed by atoms with Gasteiger partial charge in [-0.05, 0) is 37.0 Å². The zero-order valence-corrected chi connectivity index (χ0v) is 11.9. The van der Waals surface area contributed by atoms with Crippen LogP contribution < -0.4 is 5.73 Å². The van der Waals surface area contributed by atoms with Crippen molar-refractivity contribution in [1.29, 1.82) is 0 Å². The van der Waals surface area contributed by atoms with Gasteiger partial charge in [0.25, 0.3) is 0 Å². The summed E-state index contributed by atoms with van der Waals surface area (Å²) in [6.07, 6.45) is 3.27. The average molecular weight is 273 g/mol. The minimum atomic E-state index is 0.358. The van der Waals surface area contributed by atoms with E-state index in [1.807, 2.05) is 12.1 Å². The van der Waals surface area contributed by atoms with Gasteiger partial charge in [0.2, 0.25) is 5.91 Å². The molecule has 2 fully saturated rings. The maximum atomic E-state index is 12.0. The fourth-order valence-corrected chi connectivity index (χ4v) is 2.75. The minimum absolute atomic E-state index is 0.358. The van der Waals surface area contributed by atoms with Crippen LogP contribution in [0.25, 0.3) is 0 Å². The fourth-order valence-electron chi connectivity index (χ4n) is 2.75. The molecule has 0 unspecified atom stereocenters. The molecule has 2 aliphatic rings. The fraction of sp³-hybridized carbons (Fsp3) is 0.562. The second-order valence-corrected chi connectivity index (χ2v) is 5.93. The molecule has 0 atom stereocenters. The molecule has 0 bridgehead atoms. The van der Waals surface area contributed by atoms with Gasteiger partial charge in [0.1, 0.15) is 0 Å². The number of carbonyl (C=O) groups excluding carboxylic acids is 1. The molecule has 1 saturated heterocycles. The average Bonchev–Trinajstić information content (AvgIpc) is 3.31. The summed E-state index contributed by atoms with van der Waals surface area (Å²) in [6, 6.07) is 8.12. The molecule has 0 radical (unpaired) electrons. The molecule has 1 aromatic carbocycles. The molecule has 20 heavy (non-hydrogen) atoms. The number of hydrogen-bond donors (Lipinski definition) is 1. The van der Waals surface area contributed by atoms with Gasteiger partial charge in [-0.2, -0.15) is 0 Å². The van der Waals surface area contributed by atoms with Gasteiger partial charge in [0.15, 0.2) is 0 Å². The first-order valence-electron chi connectivity index (χ1n) is 7.58. The summed E-state index contributed by atoms with van der Waals surface area (Å²) in [5.74, 6) is 0.750. The summed E-state index contributed by atoms with van der Waals surface area (Å²) in [5.41, 5.74) is 7.84. The van der Waals surface area contributed by atoms with E-state index >= 15 is 0 Å².